The SMILES string of the molecule is COC(=O)c1ccc(C(=O)C2CC2Br)cc1. The van der Waals surface area contributed by atoms with Gasteiger partial charge < -0.3 is 4.74 Å². The zero-order valence-corrected chi connectivity index (χ0v) is 10.4. The van der Waals surface area contributed by atoms with E-state index in [2.05, 4.69) is 20.7 Å². The zero-order valence-electron chi connectivity index (χ0n) is 8.77. The summed E-state index contributed by atoms with van der Waals surface area (Å²) >= 11 is 3.40. The van der Waals surface area contributed by atoms with Crippen LogP contribution >= 0.6 is 15.9 Å². The van der Waals surface area contributed by atoms with Crippen LogP contribution in [0.1, 0.15) is 27.1 Å². The van der Waals surface area contributed by atoms with Crippen LogP contribution in [-0.2, 0) is 4.74 Å². The van der Waals surface area contributed by atoms with E-state index in [1.54, 1.807) is 24.3 Å². The first kappa shape index (κ1) is 11.3. The largest absolute Gasteiger partial charge is 0.465 e. The van der Waals surface area contributed by atoms with E-state index in [1.165, 1.54) is 7.11 Å². The molecule has 1 aliphatic rings. The molecule has 0 spiro atoms. The van der Waals surface area contributed by atoms with Gasteiger partial charge >= 0.3 is 5.97 Å². The molecule has 0 aliphatic heterocycles. The molecular weight excluding hydrogens is 272 g/mol. The fourth-order valence-electron chi connectivity index (χ4n) is 1.54. The summed E-state index contributed by atoms with van der Waals surface area (Å²) in [6.07, 6.45) is 0.900. The molecule has 2 unspecified atom stereocenters. The second kappa shape index (κ2) is 4.37. The standard InChI is InChI=1S/C12H11BrO3/c1-16-12(15)8-4-2-7(3-5-8)11(14)9-6-10(9)13/h2-5,9-10H,6H2,1H3. The molecule has 0 aromatic heterocycles. The van der Waals surface area contributed by atoms with E-state index < -0.39 is 0 Å². The average Bonchev–Trinajstić information content (AvgIpc) is 3.04. The second-order valence-electron chi connectivity index (χ2n) is 3.79. The minimum Gasteiger partial charge on any atom is -0.465 e. The normalized spacial score (nSPS) is 22.6. The minimum absolute atomic E-state index is 0.101. The van der Waals surface area contributed by atoms with Crippen LogP contribution in [0.15, 0.2) is 24.3 Å². The molecule has 1 aromatic rings. The molecule has 3 nitrogen and oxygen atoms in total. The van der Waals surface area contributed by atoms with Crippen LogP contribution in [0.25, 0.3) is 0 Å². The van der Waals surface area contributed by atoms with Crippen LogP contribution in [0, 0.1) is 5.92 Å². The van der Waals surface area contributed by atoms with E-state index in [0.717, 1.165) is 6.42 Å². The summed E-state index contributed by atoms with van der Waals surface area (Å²) < 4.78 is 4.58. The van der Waals surface area contributed by atoms with E-state index >= 15 is 0 Å². The van der Waals surface area contributed by atoms with Gasteiger partial charge in [0.05, 0.1) is 12.7 Å². The van der Waals surface area contributed by atoms with Crippen molar-refractivity contribution in [3.05, 3.63) is 35.4 Å². The average molecular weight is 283 g/mol. The van der Waals surface area contributed by atoms with Gasteiger partial charge in [-0.15, -0.1) is 0 Å². The fraction of sp³-hybridized carbons (Fsp3) is 0.333. The lowest BCUT2D eigenvalue weighted by atomic mass is 10.1. The van der Waals surface area contributed by atoms with Crippen molar-refractivity contribution in [1.82, 2.24) is 0 Å². The van der Waals surface area contributed by atoms with E-state index in [1.807, 2.05) is 0 Å². The Morgan fingerprint density at radius 2 is 1.75 bits per heavy atom. The van der Waals surface area contributed by atoms with Gasteiger partial charge in [0.2, 0.25) is 0 Å². The highest BCUT2D eigenvalue weighted by atomic mass is 79.9. The highest BCUT2D eigenvalue weighted by Gasteiger charge is 2.41. The van der Waals surface area contributed by atoms with Crippen molar-refractivity contribution in [3.8, 4) is 0 Å². The Morgan fingerprint density at radius 3 is 2.19 bits per heavy atom. The summed E-state index contributed by atoms with van der Waals surface area (Å²) in [4.78, 5) is 23.3. The Hall–Kier alpha value is -1.16. The second-order valence-corrected chi connectivity index (χ2v) is 4.97. The molecular formula is C12H11BrO3. The summed E-state index contributed by atoms with van der Waals surface area (Å²) in [5.41, 5.74) is 1.12. The number of methoxy groups -OCH3 is 1. The molecule has 1 aliphatic carbocycles. The highest BCUT2D eigenvalue weighted by Crippen LogP contribution is 2.40. The Kier molecular flexibility index (Phi) is 3.10. The van der Waals surface area contributed by atoms with E-state index in [-0.39, 0.29) is 17.7 Å². The van der Waals surface area contributed by atoms with Gasteiger partial charge in [0.15, 0.2) is 5.78 Å². The van der Waals surface area contributed by atoms with Crippen LogP contribution in [0.3, 0.4) is 0 Å². The number of halogens is 1. The third-order valence-corrected chi connectivity index (χ3v) is 3.65. The number of carbonyl (C=O) groups excluding carboxylic acids is 2. The molecule has 0 heterocycles. The molecule has 0 bridgehead atoms. The van der Waals surface area contributed by atoms with E-state index in [4.69, 9.17) is 0 Å². The lowest BCUT2D eigenvalue weighted by Gasteiger charge is -2.01. The van der Waals surface area contributed by atoms with Gasteiger partial charge in [0.1, 0.15) is 0 Å². The number of ketones is 1. The summed E-state index contributed by atoms with van der Waals surface area (Å²) in [6.45, 7) is 0. The molecule has 0 amide bonds. The molecule has 1 aromatic carbocycles. The summed E-state index contributed by atoms with van der Waals surface area (Å²) in [5, 5.41) is 0. The predicted molar refractivity (Wildman–Crippen MR) is 62.9 cm³/mol. The maximum absolute atomic E-state index is 11.8. The third-order valence-electron chi connectivity index (χ3n) is 2.64. The quantitative estimate of drug-likeness (QED) is 0.486. The zero-order chi connectivity index (χ0) is 11.7. The molecule has 16 heavy (non-hydrogen) atoms. The molecule has 0 saturated heterocycles. The number of carbonyl (C=O) groups is 2. The molecule has 2 atom stereocenters. The maximum atomic E-state index is 11.8. The highest BCUT2D eigenvalue weighted by molar-refractivity contribution is 9.09. The van der Waals surface area contributed by atoms with Crippen LogP contribution in [0.5, 0.6) is 0 Å². The smallest absolute Gasteiger partial charge is 0.337 e. The minimum atomic E-state index is -0.385. The lowest BCUT2D eigenvalue weighted by Crippen LogP contribution is -2.05. The summed E-state index contributed by atoms with van der Waals surface area (Å²) in [7, 11) is 1.33. The first-order chi connectivity index (χ1) is 7.63. The Labute approximate surface area is 102 Å². The predicted octanol–water partition coefficient (Wildman–Crippen LogP) is 2.44. The third kappa shape index (κ3) is 2.16. The van der Waals surface area contributed by atoms with Crippen molar-refractivity contribution in [2.75, 3.05) is 7.11 Å². The van der Waals surface area contributed by atoms with Crippen LogP contribution < -0.4 is 0 Å². The van der Waals surface area contributed by atoms with E-state index in [9.17, 15) is 9.59 Å². The van der Waals surface area contributed by atoms with Crippen LogP contribution in [0.4, 0.5) is 0 Å². The van der Waals surface area contributed by atoms with Gasteiger partial charge in [-0.1, -0.05) is 28.1 Å². The molecule has 0 N–H and O–H groups in total. The molecule has 2 rings (SSSR count). The lowest BCUT2D eigenvalue weighted by molar-refractivity contribution is 0.0600. The Bertz CT molecular complexity index is 424. The molecule has 1 fully saturated rings. The van der Waals surface area contributed by atoms with Crippen LogP contribution in [-0.4, -0.2) is 23.7 Å². The fourth-order valence-corrected chi connectivity index (χ4v) is 2.18. The number of alkyl halides is 1. The summed E-state index contributed by atoms with van der Waals surface area (Å²) in [6, 6.07) is 6.58. The first-order valence-electron chi connectivity index (χ1n) is 5.00. The van der Waals surface area contributed by atoms with Gasteiger partial charge in [0.25, 0.3) is 0 Å². The van der Waals surface area contributed by atoms with Crippen molar-refractivity contribution < 1.29 is 14.3 Å². The molecule has 0 radical (unpaired) electrons. The number of hydrogen-bond donors (Lipinski definition) is 0. The molecule has 4 heteroatoms. The van der Waals surface area contributed by atoms with Crippen molar-refractivity contribution in [1.29, 1.82) is 0 Å². The van der Waals surface area contributed by atoms with Crippen molar-refractivity contribution in [2.45, 2.75) is 11.2 Å². The Balaban J connectivity index is 2.13. The van der Waals surface area contributed by atoms with Crippen molar-refractivity contribution in [2.24, 2.45) is 5.92 Å². The number of Topliss-reactive ketones (excluding diaryl/α,β-unsaturated/α-hetero) is 1. The Morgan fingerprint density at radius 1 is 1.25 bits per heavy atom. The van der Waals surface area contributed by atoms with Gasteiger partial charge in [-0.2, -0.15) is 0 Å². The topological polar surface area (TPSA) is 43.4 Å². The van der Waals surface area contributed by atoms with Gasteiger partial charge in [-0.25, -0.2) is 4.79 Å². The molecule has 84 valence electrons. The monoisotopic (exact) mass is 282 g/mol. The molecule has 1 saturated carbocycles. The number of hydrogen-bond acceptors (Lipinski definition) is 3. The van der Waals surface area contributed by atoms with Gasteiger partial charge in [-0.3, -0.25) is 4.79 Å². The van der Waals surface area contributed by atoms with Crippen molar-refractivity contribution in [3.63, 3.8) is 0 Å². The number of ether oxygens (including phenoxy) is 1. The number of rotatable bonds is 3. The van der Waals surface area contributed by atoms with Crippen molar-refractivity contribution >= 4 is 27.7 Å². The van der Waals surface area contributed by atoms with Gasteiger partial charge in [0, 0.05) is 16.3 Å². The summed E-state index contributed by atoms with van der Waals surface area (Å²) in [5.74, 6) is -0.147. The maximum Gasteiger partial charge on any atom is 0.337 e. The van der Waals surface area contributed by atoms with E-state index in [0.29, 0.717) is 16.0 Å². The van der Waals surface area contributed by atoms with Gasteiger partial charge in [-0.05, 0) is 18.6 Å². The first-order valence-corrected chi connectivity index (χ1v) is 5.91. The van der Waals surface area contributed by atoms with Crippen LogP contribution in [0.2, 0.25) is 0 Å². The number of benzene rings is 1. The number of esters is 1.